The zero-order valence-corrected chi connectivity index (χ0v) is 23.6. The fourth-order valence-corrected chi connectivity index (χ4v) is 6.30. The fourth-order valence-electron chi connectivity index (χ4n) is 6.30. The Morgan fingerprint density at radius 2 is 1.88 bits per heavy atom. The van der Waals surface area contributed by atoms with Crippen molar-refractivity contribution >= 4 is 28.7 Å². The van der Waals surface area contributed by atoms with Crippen LogP contribution >= 0.6 is 0 Å². The van der Waals surface area contributed by atoms with E-state index in [2.05, 4.69) is 30.4 Å². The molecule has 42 heavy (non-hydrogen) atoms. The molecule has 2 saturated heterocycles. The Morgan fingerprint density at radius 3 is 2.64 bits per heavy atom. The number of nitrogens with one attached hydrogen (secondary N) is 2. The molecule has 0 radical (unpaired) electrons. The summed E-state index contributed by atoms with van der Waals surface area (Å²) in [5, 5.41) is 17.4. The van der Waals surface area contributed by atoms with E-state index in [0.29, 0.717) is 48.6 Å². The highest BCUT2D eigenvalue weighted by Crippen LogP contribution is 2.36. The quantitative estimate of drug-likeness (QED) is 0.323. The number of hydrogen-bond donors (Lipinski definition) is 3. The number of aromatic nitrogens is 3. The summed E-state index contributed by atoms with van der Waals surface area (Å²) in [4.78, 5) is 26.4. The van der Waals surface area contributed by atoms with Crippen molar-refractivity contribution in [3.8, 4) is 11.3 Å². The second-order valence-electron chi connectivity index (χ2n) is 11.5. The predicted octanol–water partition coefficient (Wildman–Crippen LogP) is 3.49. The van der Waals surface area contributed by atoms with E-state index >= 15 is 0 Å². The Hall–Kier alpha value is -4.06. The molecule has 3 aliphatic heterocycles. The summed E-state index contributed by atoms with van der Waals surface area (Å²) in [6, 6.07) is 9.44. The smallest absolute Gasteiger partial charge is 0.254 e. The Kier molecular flexibility index (Phi) is 6.80. The van der Waals surface area contributed by atoms with Crippen molar-refractivity contribution in [1.82, 2.24) is 24.6 Å². The lowest BCUT2D eigenvalue weighted by molar-refractivity contribution is -0.0440. The number of imidazole rings is 1. The highest BCUT2D eigenvalue weighted by molar-refractivity contribution is 6.06. The van der Waals surface area contributed by atoms with Gasteiger partial charge in [0, 0.05) is 51.0 Å². The number of anilines is 3. The molecular formula is C31H34FN7O3. The zero-order chi connectivity index (χ0) is 28.8. The first-order chi connectivity index (χ1) is 20.4. The molecule has 2 fully saturated rings. The molecule has 0 spiro atoms. The van der Waals surface area contributed by atoms with Gasteiger partial charge in [0.2, 0.25) is 0 Å². The van der Waals surface area contributed by atoms with Crippen LogP contribution in [0.25, 0.3) is 16.9 Å². The number of β-amino-alcohol motifs (C(OH)–C–C–N with tert-alkyl or cyclic N) is 1. The molecule has 218 valence electrons. The SMILES string of the molecule is Cc1ccn2c(-c3ccc(Nc4ccc(N5CCC(O)(CN6CCOCC6)CC5)cn4)c4c3CNC4=O)cnc2c1F. The molecular weight excluding hydrogens is 537 g/mol. The third-order valence-electron chi connectivity index (χ3n) is 8.75. The lowest BCUT2D eigenvalue weighted by Crippen LogP contribution is -2.53. The van der Waals surface area contributed by atoms with E-state index < -0.39 is 5.60 Å². The number of benzene rings is 1. The van der Waals surface area contributed by atoms with Crippen molar-refractivity contribution < 1.29 is 19.0 Å². The molecule has 1 aromatic carbocycles. The summed E-state index contributed by atoms with van der Waals surface area (Å²) < 4.78 is 21.8. The molecule has 0 unspecified atom stereocenters. The second kappa shape index (κ2) is 10.6. The van der Waals surface area contributed by atoms with Gasteiger partial charge in [-0.15, -0.1) is 0 Å². The molecule has 4 aromatic rings. The van der Waals surface area contributed by atoms with Crippen molar-refractivity contribution in [1.29, 1.82) is 0 Å². The van der Waals surface area contributed by atoms with Crippen LogP contribution in [-0.2, 0) is 11.3 Å². The number of carbonyl (C=O) groups excluding carboxylic acids is 1. The fraction of sp³-hybridized carbons (Fsp3) is 0.387. The largest absolute Gasteiger partial charge is 0.388 e. The van der Waals surface area contributed by atoms with E-state index in [1.807, 2.05) is 30.5 Å². The molecule has 0 saturated carbocycles. The van der Waals surface area contributed by atoms with Gasteiger partial charge in [0.15, 0.2) is 11.5 Å². The molecule has 7 rings (SSSR count). The van der Waals surface area contributed by atoms with Gasteiger partial charge >= 0.3 is 0 Å². The van der Waals surface area contributed by atoms with E-state index in [9.17, 15) is 14.3 Å². The van der Waals surface area contributed by atoms with Crippen LogP contribution in [0.5, 0.6) is 0 Å². The van der Waals surface area contributed by atoms with Gasteiger partial charge in [-0.05, 0) is 55.2 Å². The summed E-state index contributed by atoms with van der Waals surface area (Å²) in [5.41, 5.74) is 4.72. The molecule has 0 bridgehead atoms. The van der Waals surface area contributed by atoms with Crippen LogP contribution < -0.4 is 15.5 Å². The van der Waals surface area contributed by atoms with Gasteiger partial charge in [-0.3, -0.25) is 14.1 Å². The molecule has 1 amide bonds. The van der Waals surface area contributed by atoms with Crippen molar-refractivity contribution in [2.45, 2.75) is 31.9 Å². The number of pyridine rings is 2. The van der Waals surface area contributed by atoms with Crippen LogP contribution in [0.4, 0.5) is 21.6 Å². The van der Waals surface area contributed by atoms with Crippen molar-refractivity contribution in [2.75, 3.05) is 56.2 Å². The maximum absolute atomic E-state index is 14.7. The number of carbonyl (C=O) groups is 1. The summed E-state index contributed by atoms with van der Waals surface area (Å²) >= 11 is 0. The minimum absolute atomic E-state index is 0.167. The maximum Gasteiger partial charge on any atom is 0.254 e. The van der Waals surface area contributed by atoms with Crippen molar-refractivity contribution in [2.24, 2.45) is 0 Å². The van der Waals surface area contributed by atoms with E-state index in [1.165, 1.54) is 0 Å². The Morgan fingerprint density at radius 1 is 1.07 bits per heavy atom. The first-order valence-electron chi connectivity index (χ1n) is 14.5. The molecule has 10 nitrogen and oxygen atoms in total. The third-order valence-corrected chi connectivity index (χ3v) is 8.75. The minimum atomic E-state index is -0.674. The molecule has 0 aliphatic carbocycles. The van der Waals surface area contributed by atoms with Crippen molar-refractivity contribution in [3.05, 3.63) is 71.4 Å². The number of aryl methyl sites for hydroxylation is 1. The van der Waals surface area contributed by atoms with E-state index in [1.54, 1.807) is 29.8 Å². The number of hydrogen-bond acceptors (Lipinski definition) is 8. The van der Waals surface area contributed by atoms with Gasteiger partial charge in [0.25, 0.3) is 5.91 Å². The van der Waals surface area contributed by atoms with Gasteiger partial charge in [0.05, 0.1) is 53.8 Å². The highest BCUT2D eigenvalue weighted by atomic mass is 19.1. The summed E-state index contributed by atoms with van der Waals surface area (Å²) in [7, 11) is 0. The number of nitrogens with zero attached hydrogens (tertiary/aromatic N) is 5. The standard InChI is InChI=1S/C31H34FN7O3/c1-20-6-9-39-25(18-34-29(39)28(20)32)22-3-4-24(27-23(22)17-35-30(27)40)36-26-5-2-21(16-33-26)38-10-7-31(41,8-11-38)19-37-12-14-42-15-13-37/h2-6,9,16,18,41H,7-8,10-15,17,19H2,1H3,(H,33,36)(H,35,40). The average molecular weight is 572 g/mol. The van der Waals surface area contributed by atoms with E-state index in [0.717, 1.165) is 61.9 Å². The number of rotatable bonds is 6. The minimum Gasteiger partial charge on any atom is -0.388 e. The molecule has 3 N–H and O–H groups in total. The zero-order valence-electron chi connectivity index (χ0n) is 23.6. The van der Waals surface area contributed by atoms with Crippen LogP contribution in [0.1, 0.15) is 34.3 Å². The summed E-state index contributed by atoms with van der Waals surface area (Å²) in [6.45, 7) is 7.51. The molecule has 0 atom stereocenters. The number of halogens is 1. The van der Waals surface area contributed by atoms with Crippen LogP contribution in [0.3, 0.4) is 0 Å². The number of piperidine rings is 1. The van der Waals surface area contributed by atoms with Crippen LogP contribution in [0.2, 0.25) is 0 Å². The van der Waals surface area contributed by atoms with Crippen LogP contribution in [0, 0.1) is 12.7 Å². The Bertz CT molecular complexity index is 1640. The van der Waals surface area contributed by atoms with Gasteiger partial charge in [-0.2, -0.15) is 0 Å². The Labute approximate surface area is 243 Å². The first-order valence-corrected chi connectivity index (χ1v) is 14.5. The van der Waals surface area contributed by atoms with Gasteiger partial charge in [-0.25, -0.2) is 14.4 Å². The number of morpholine rings is 1. The third kappa shape index (κ3) is 4.87. The summed E-state index contributed by atoms with van der Waals surface area (Å²) in [5.74, 6) is 0.108. The van der Waals surface area contributed by atoms with E-state index in [4.69, 9.17) is 4.74 Å². The second-order valence-corrected chi connectivity index (χ2v) is 11.5. The highest BCUT2D eigenvalue weighted by Gasteiger charge is 2.35. The average Bonchev–Trinajstić information content (AvgIpc) is 3.61. The lowest BCUT2D eigenvalue weighted by Gasteiger charge is -2.42. The number of fused-ring (bicyclic) bond motifs is 2. The number of ether oxygens (including phenoxy) is 1. The monoisotopic (exact) mass is 571 g/mol. The first kappa shape index (κ1) is 26.8. The van der Waals surface area contributed by atoms with Crippen molar-refractivity contribution in [3.63, 3.8) is 0 Å². The van der Waals surface area contributed by atoms with Crippen LogP contribution in [-0.4, -0.2) is 81.8 Å². The van der Waals surface area contributed by atoms with Gasteiger partial charge in [0.1, 0.15) is 5.82 Å². The predicted molar refractivity (Wildman–Crippen MR) is 158 cm³/mol. The normalized spacial score (nSPS) is 18.7. The summed E-state index contributed by atoms with van der Waals surface area (Å²) in [6.07, 6.45) is 6.69. The maximum atomic E-state index is 14.7. The molecule has 3 aromatic heterocycles. The van der Waals surface area contributed by atoms with Gasteiger partial charge in [-0.1, -0.05) is 6.07 Å². The molecule has 6 heterocycles. The van der Waals surface area contributed by atoms with E-state index in [-0.39, 0.29) is 17.4 Å². The number of aliphatic hydroxyl groups is 1. The topological polar surface area (TPSA) is 107 Å². The lowest BCUT2D eigenvalue weighted by atomic mass is 9.90. The molecule has 3 aliphatic rings. The number of amides is 1. The molecule has 11 heteroatoms. The van der Waals surface area contributed by atoms with Crippen LogP contribution in [0.15, 0.2) is 48.9 Å². The Balaban J connectivity index is 1.07. The van der Waals surface area contributed by atoms with Gasteiger partial charge < -0.3 is 25.4 Å².